The molecule has 5 nitrogen and oxygen atoms in total. The minimum absolute atomic E-state index is 0.364. The van der Waals surface area contributed by atoms with E-state index >= 15 is 0 Å². The van der Waals surface area contributed by atoms with Crippen LogP contribution < -0.4 is 0 Å². The first-order valence-electron chi connectivity index (χ1n) is 4.13. The fourth-order valence-corrected chi connectivity index (χ4v) is 1.03. The maximum Gasteiger partial charge on any atom is 0.337 e. The van der Waals surface area contributed by atoms with E-state index in [1.165, 1.54) is 19.3 Å². The third-order valence-corrected chi connectivity index (χ3v) is 1.70. The first kappa shape index (κ1) is 10.9. The average Bonchev–Trinajstić information content (AvgIpc) is 2.25. The maximum atomic E-state index is 11.1. The highest BCUT2D eigenvalue weighted by Gasteiger charge is 2.04. The molecule has 1 rings (SSSR count). The number of benzene rings is 1. The molecule has 0 aliphatic carbocycles. The lowest BCUT2D eigenvalue weighted by molar-refractivity contribution is -0.400. The van der Waals surface area contributed by atoms with Crippen LogP contribution in [0.1, 0.15) is 15.9 Å². The summed E-state index contributed by atoms with van der Waals surface area (Å²) in [5.41, 5.74) is 0.942. The maximum absolute atomic E-state index is 11.1. The summed E-state index contributed by atoms with van der Waals surface area (Å²) in [6.45, 7) is 0. The predicted octanol–water partition coefficient (Wildman–Crippen LogP) is 1.72. The number of esters is 1. The number of methoxy groups -OCH3 is 1. The molecule has 0 spiro atoms. The molecule has 1 aromatic carbocycles. The van der Waals surface area contributed by atoms with E-state index < -0.39 is 10.9 Å². The van der Waals surface area contributed by atoms with E-state index in [0.717, 1.165) is 6.20 Å². The molecule has 0 heterocycles. The number of hydrogen-bond acceptors (Lipinski definition) is 4. The van der Waals surface area contributed by atoms with Crippen molar-refractivity contribution in [2.75, 3.05) is 7.11 Å². The molecule has 15 heavy (non-hydrogen) atoms. The van der Waals surface area contributed by atoms with Crippen molar-refractivity contribution in [1.29, 1.82) is 0 Å². The Morgan fingerprint density at radius 2 is 2.27 bits per heavy atom. The van der Waals surface area contributed by atoms with Crippen molar-refractivity contribution < 1.29 is 14.5 Å². The van der Waals surface area contributed by atoms with Gasteiger partial charge in [-0.2, -0.15) is 0 Å². The molecule has 5 heteroatoms. The summed E-state index contributed by atoms with van der Waals surface area (Å²) in [6, 6.07) is 6.39. The number of nitrogens with zero attached hydrogens (tertiary/aromatic N) is 1. The zero-order chi connectivity index (χ0) is 11.3. The molecule has 0 aromatic heterocycles. The van der Waals surface area contributed by atoms with Gasteiger partial charge in [0.05, 0.1) is 17.6 Å². The average molecular weight is 207 g/mol. The van der Waals surface area contributed by atoms with Gasteiger partial charge in [0.15, 0.2) is 0 Å². The molecule has 0 radical (unpaired) electrons. The van der Waals surface area contributed by atoms with Crippen LogP contribution in [0.5, 0.6) is 0 Å². The summed E-state index contributed by atoms with van der Waals surface area (Å²) in [6.07, 6.45) is 2.13. The monoisotopic (exact) mass is 207 g/mol. The first-order chi connectivity index (χ1) is 7.13. The zero-order valence-electron chi connectivity index (χ0n) is 8.04. The topological polar surface area (TPSA) is 69.4 Å². The van der Waals surface area contributed by atoms with Gasteiger partial charge in [-0.25, -0.2) is 4.79 Å². The number of carbonyl (C=O) groups is 1. The number of rotatable bonds is 3. The summed E-state index contributed by atoms with van der Waals surface area (Å²) >= 11 is 0. The lowest BCUT2D eigenvalue weighted by Gasteiger charge is -1.99. The largest absolute Gasteiger partial charge is 0.465 e. The minimum atomic E-state index is -0.565. The van der Waals surface area contributed by atoms with E-state index in [-0.39, 0.29) is 0 Å². The van der Waals surface area contributed by atoms with Crippen molar-refractivity contribution in [3.05, 3.63) is 51.7 Å². The molecule has 0 saturated heterocycles. The molecule has 78 valence electrons. The summed E-state index contributed by atoms with van der Waals surface area (Å²) in [4.78, 5) is 20.6. The van der Waals surface area contributed by atoms with Crippen molar-refractivity contribution in [3.8, 4) is 0 Å². The smallest absolute Gasteiger partial charge is 0.337 e. The molecule has 0 N–H and O–H groups in total. The Kier molecular flexibility index (Phi) is 3.56. The molecule has 1 aromatic rings. The van der Waals surface area contributed by atoms with E-state index in [1.54, 1.807) is 18.2 Å². The van der Waals surface area contributed by atoms with E-state index in [2.05, 4.69) is 4.74 Å². The number of ether oxygens (including phenoxy) is 1. The van der Waals surface area contributed by atoms with Gasteiger partial charge in [-0.3, -0.25) is 10.1 Å². The van der Waals surface area contributed by atoms with E-state index in [1.807, 2.05) is 0 Å². The second kappa shape index (κ2) is 4.90. The van der Waals surface area contributed by atoms with Gasteiger partial charge in [0.2, 0.25) is 6.20 Å². The molecule has 0 fully saturated rings. The van der Waals surface area contributed by atoms with Crippen molar-refractivity contribution in [1.82, 2.24) is 0 Å². The highest BCUT2D eigenvalue weighted by atomic mass is 16.6. The van der Waals surface area contributed by atoms with Crippen LogP contribution in [0.4, 0.5) is 0 Å². The predicted molar refractivity (Wildman–Crippen MR) is 53.8 cm³/mol. The Morgan fingerprint density at radius 1 is 1.53 bits per heavy atom. The third kappa shape index (κ3) is 3.22. The molecular formula is C10H9NO4. The van der Waals surface area contributed by atoms with Gasteiger partial charge in [0.25, 0.3) is 0 Å². The van der Waals surface area contributed by atoms with E-state index in [4.69, 9.17) is 0 Å². The van der Waals surface area contributed by atoms with Gasteiger partial charge in [-0.15, -0.1) is 0 Å². The van der Waals surface area contributed by atoms with Crippen LogP contribution in [0.3, 0.4) is 0 Å². The molecule has 0 saturated carbocycles. The Bertz CT molecular complexity index is 412. The van der Waals surface area contributed by atoms with Crippen molar-refractivity contribution in [2.45, 2.75) is 0 Å². The minimum Gasteiger partial charge on any atom is -0.465 e. The number of hydrogen-bond donors (Lipinski definition) is 0. The van der Waals surface area contributed by atoms with Crippen LogP contribution in [-0.2, 0) is 4.74 Å². The fourth-order valence-electron chi connectivity index (χ4n) is 1.03. The lowest BCUT2D eigenvalue weighted by atomic mass is 10.1. The van der Waals surface area contributed by atoms with Crippen LogP contribution in [-0.4, -0.2) is 18.0 Å². The summed E-state index contributed by atoms with van der Waals surface area (Å²) in [7, 11) is 1.28. The normalized spacial score (nSPS) is 10.2. The molecule has 0 aliphatic rings. The number of nitro groups is 1. The van der Waals surface area contributed by atoms with Gasteiger partial charge in [0.1, 0.15) is 0 Å². The molecule has 0 amide bonds. The molecular weight excluding hydrogens is 198 g/mol. The lowest BCUT2D eigenvalue weighted by Crippen LogP contribution is -2.00. The van der Waals surface area contributed by atoms with Crippen LogP contribution in [0.15, 0.2) is 30.5 Å². The molecule has 0 atom stereocenters. The molecule has 0 bridgehead atoms. The van der Waals surface area contributed by atoms with Gasteiger partial charge in [-0.1, -0.05) is 12.1 Å². The SMILES string of the molecule is COC(=O)c1cccc(C=C[N+](=O)[O-])c1. The highest BCUT2D eigenvalue weighted by Crippen LogP contribution is 2.08. The second-order valence-electron chi connectivity index (χ2n) is 2.72. The zero-order valence-corrected chi connectivity index (χ0v) is 8.04. The van der Waals surface area contributed by atoms with E-state index in [9.17, 15) is 14.9 Å². The van der Waals surface area contributed by atoms with Gasteiger partial charge < -0.3 is 4.74 Å². The fraction of sp³-hybridized carbons (Fsp3) is 0.100. The van der Waals surface area contributed by atoms with Crippen molar-refractivity contribution >= 4 is 12.0 Å². The van der Waals surface area contributed by atoms with Gasteiger partial charge in [-0.05, 0) is 17.7 Å². The number of carbonyl (C=O) groups excluding carboxylic acids is 1. The highest BCUT2D eigenvalue weighted by molar-refractivity contribution is 5.89. The van der Waals surface area contributed by atoms with Crippen LogP contribution in [0.2, 0.25) is 0 Å². The third-order valence-electron chi connectivity index (χ3n) is 1.70. The van der Waals surface area contributed by atoms with Crippen LogP contribution in [0.25, 0.3) is 6.08 Å². The standard InChI is InChI=1S/C10H9NO4/c1-15-10(12)9-4-2-3-8(7-9)5-6-11(13)14/h2-7H,1H3. The van der Waals surface area contributed by atoms with E-state index in [0.29, 0.717) is 11.1 Å². The van der Waals surface area contributed by atoms with Gasteiger partial charge in [0, 0.05) is 6.08 Å². The Hall–Kier alpha value is -2.17. The summed E-state index contributed by atoms with van der Waals surface area (Å²) in [5, 5.41) is 10.1. The Balaban J connectivity index is 2.92. The summed E-state index contributed by atoms with van der Waals surface area (Å²) < 4.78 is 4.52. The van der Waals surface area contributed by atoms with Crippen molar-refractivity contribution in [2.24, 2.45) is 0 Å². The molecule has 0 unspecified atom stereocenters. The van der Waals surface area contributed by atoms with Gasteiger partial charge >= 0.3 is 5.97 Å². The first-order valence-corrected chi connectivity index (χ1v) is 4.13. The summed E-state index contributed by atoms with van der Waals surface area (Å²) in [5.74, 6) is -0.466. The van der Waals surface area contributed by atoms with Crippen LogP contribution in [0, 0.1) is 10.1 Å². The second-order valence-corrected chi connectivity index (χ2v) is 2.72. The quantitative estimate of drug-likeness (QED) is 0.430. The molecule has 0 aliphatic heterocycles. The Morgan fingerprint density at radius 3 is 2.87 bits per heavy atom. The van der Waals surface area contributed by atoms with Crippen molar-refractivity contribution in [3.63, 3.8) is 0 Å². The van der Waals surface area contributed by atoms with Crippen LogP contribution >= 0.6 is 0 Å². The Labute approximate surface area is 86.1 Å².